The van der Waals surface area contributed by atoms with E-state index in [1.54, 1.807) is 4.90 Å². The van der Waals surface area contributed by atoms with E-state index in [0.29, 0.717) is 0 Å². The minimum Gasteiger partial charge on any atom is -0.394 e. The summed E-state index contributed by atoms with van der Waals surface area (Å²) < 4.78 is 0. The number of rotatable bonds is 3. The highest BCUT2D eigenvalue weighted by Crippen LogP contribution is 2.08. The molecule has 1 rings (SSSR count). The molecule has 0 bridgehead atoms. The van der Waals surface area contributed by atoms with Crippen LogP contribution in [0.2, 0.25) is 0 Å². The maximum absolute atomic E-state index is 11.0. The van der Waals surface area contributed by atoms with Gasteiger partial charge >= 0.3 is 6.09 Å². The third-order valence-electron chi connectivity index (χ3n) is 1.67. The predicted octanol–water partition coefficient (Wildman–Crippen LogP) is 0.143. The minimum atomic E-state index is -0.457. The van der Waals surface area contributed by atoms with Gasteiger partial charge in [0.15, 0.2) is 0 Å². The van der Waals surface area contributed by atoms with E-state index in [1.165, 1.54) is 0 Å². The molecule has 1 aliphatic rings. The first-order chi connectivity index (χ1) is 5.84. The number of aliphatic hydroxyl groups excluding tert-OH is 1. The molecule has 0 saturated carbocycles. The highest BCUT2D eigenvalue weighted by molar-refractivity contribution is 5.67. The summed E-state index contributed by atoms with van der Waals surface area (Å²) in [5.74, 6) is 0. The van der Waals surface area contributed by atoms with Crippen LogP contribution in [-0.4, -0.2) is 42.4 Å². The highest BCUT2D eigenvalue weighted by atomic mass is 17.2. The molecule has 0 aromatic carbocycles. The van der Waals surface area contributed by atoms with Gasteiger partial charge in [0.25, 0.3) is 0 Å². The fourth-order valence-corrected chi connectivity index (χ4v) is 1.08. The Morgan fingerprint density at radius 3 is 2.67 bits per heavy atom. The quantitative estimate of drug-likeness (QED) is 0.376. The van der Waals surface area contributed by atoms with Crippen molar-refractivity contribution >= 4 is 6.09 Å². The molecule has 12 heavy (non-hydrogen) atoms. The van der Waals surface area contributed by atoms with Crippen LogP contribution in [0.25, 0.3) is 0 Å². The number of amides is 1. The van der Waals surface area contributed by atoms with Gasteiger partial charge in [-0.2, -0.15) is 4.89 Å². The van der Waals surface area contributed by atoms with Gasteiger partial charge in [0, 0.05) is 13.1 Å². The third-order valence-corrected chi connectivity index (χ3v) is 1.67. The second-order valence-corrected chi connectivity index (χ2v) is 2.59. The lowest BCUT2D eigenvalue weighted by Crippen LogP contribution is -2.28. The van der Waals surface area contributed by atoms with Gasteiger partial charge < -0.3 is 10.0 Å². The van der Waals surface area contributed by atoms with E-state index in [4.69, 9.17) is 5.11 Å². The molecule has 0 aromatic heterocycles. The van der Waals surface area contributed by atoms with E-state index in [0.717, 1.165) is 25.9 Å². The number of carbonyl (C=O) groups is 1. The molecule has 5 nitrogen and oxygen atoms in total. The van der Waals surface area contributed by atoms with Crippen LogP contribution < -0.4 is 0 Å². The summed E-state index contributed by atoms with van der Waals surface area (Å²) in [6, 6.07) is 0. The summed E-state index contributed by atoms with van der Waals surface area (Å²) in [6.45, 7) is 1.36. The van der Waals surface area contributed by atoms with Gasteiger partial charge in [-0.05, 0) is 12.8 Å². The third kappa shape index (κ3) is 2.67. The van der Waals surface area contributed by atoms with Crippen LogP contribution in [0.4, 0.5) is 4.79 Å². The van der Waals surface area contributed by atoms with Gasteiger partial charge in [0.2, 0.25) is 0 Å². The van der Waals surface area contributed by atoms with Crippen LogP contribution in [0.1, 0.15) is 12.8 Å². The number of aliphatic hydroxyl groups is 1. The Morgan fingerprint density at radius 2 is 2.08 bits per heavy atom. The second-order valence-electron chi connectivity index (χ2n) is 2.59. The van der Waals surface area contributed by atoms with Gasteiger partial charge in [0.05, 0.1) is 6.61 Å². The number of likely N-dealkylation sites (tertiary alicyclic amines) is 1. The number of hydrogen-bond acceptors (Lipinski definition) is 4. The Morgan fingerprint density at radius 1 is 1.42 bits per heavy atom. The van der Waals surface area contributed by atoms with Crippen molar-refractivity contribution in [2.24, 2.45) is 0 Å². The van der Waals surface area contributed by atoms with E-state index in [1.807, 2.05) is 0 Å². The molecule has 0 spiro atoms. The van der Waals surface area contributed by atoms with Crippen LogP contribution in [0.3, 0.4) is 0 Å². The molecular formula is C7H13NO4. The van der Waals surface area contributed by atoms with E-state index >= 15 is 0 Å². The molecule has 1 fully saturated rings. The van der Waals surface area contributed by atoms with Crippen molar-refractivity contribution in [3.8, 4) is 0 Å². The smallest absolute Gasteiger partial charge is 0.394 e. The Hall–Kier alpha value is -0.810. The van der Waals surface area contributed by atoms with E-state index in [-0.39, 0.29) is 13.2 Å². The maximum atomic E-state index is 11.0. The lowest BCUT2D eigenvalue weighted by Gasteiger charge is -2.12. The Balaban J connectivity index is 2.10. The highest BCUT2D eigenvalue weighted by Gasteiger charge is 2.19. The van der Waals surface area contributed by atoms with E-state index in [9.17, 15) is 4.79 Å². The molecule has 5 heteroatoms. The van der Waals surface area contributed by atoms with Crippen molar-refractivity contribution in [2.45, 2.75) is 12.8 Å². The normalized spacial score (nSPS) is 16.6. The lowest BCUT2D eigenvalue weighted by atomic mass is 10.4. The fraction of sp³-hybridized carbons (Fsp3) is 0.857. The van der Waals surface area contributed by atoms with Crippen LogP contribution in [0.5, 0.6) is 0 Å². The first kappa shape index (κ1) is 9.28. The van der Waals surface area contributed by atoms with Gasteiger partial charge in [-0.3, -0.25) is 4.89 Å². The van der Waals surface area contributed by atoms with Crippen LogP contribution in [-0.2, 0) is 9.78 Å². The Labute approximate surface area is 70.8 Å². The average Bonchev–Trinajstić information content (AvgIpc) is 2.56. The molecule has 0 radical (unpaired) electrons. The molecule has 0 atom stereocenters. The maximum Gasteiger partial charge on any atom is 0.441 e. The zero-order valence-corrected chi connectivity index (χ0v) is 6.86. The largest absolute Gasteiger partial charge is 0.441 e. The summed E-state index contributed by atoms with van der Waals surface area (Å²) in [5, 5.41) is 8.31. The standard InChI is InChI=1S/C7H13NO4/c9-5-6-11-12-7(10)8-3-1-2-4-8/h9H,1-6H2. The number of nitrogens with zero attached hydrogens (tertiary/aromatic N) is 1. The molecule has 0 aromatic rings. The summed E-state index contributed by atoms with van der Waals surface area (Å²) in [7, 11) is 0. The van der Waals surface area contributed by atoms with Gasteiger partial charge in [0.1, 0.15) is 6.61 Å². The molecule has 70 valence electrons. The van der Waals surface area contributed by atoms with Gasteiger partial charge in [-0.15, -0.1) is 0 Å². The number of carbonyl (C=O) groups excluding carboxylic acids is 1. The molecule has 0 unspecified atom stereocenters. The summed E-state index contributed by atoms with van der Waals surface area (Å²) in [5.41, 5.74) is 0. The van der Waals surface area contributed by atoms with E-state index < -0.39 is 6.09 Å². The second kappa shape index (κ2) is 4.95. The van der Waals surface area contributed by atoms with Crippen molar-refractivity contribution in [1.82, 2.24) is 4.90 Å². The Kier molecular flexibility index (Phi) is 3.83. The molecule has 1 saturated heterocycles. The van der Waals surface area contributed by atoms with Crippen molar-refractivity contribution in [1.29, 1.82) is 0 Å². The molecule has 0 aliphatic carbocycles. The number of hydrogen-bond donors (Lipinski definition) is 1. The summed E-state index contributed by atoms with van der Waals surface area (Å²) in [4.78, 5) is 21.4. The molecule has 1 amide bonds. The van der Waals surface area contributed by atoms with Crippen molar-refractivity contribution < 1.29 is 19.7 Å². The summed E-state index contributed by atoms with van der Waals surface area (Å²) in [6.07, 6.45) is 1.59. The monoisotopic (exact) mass is 175 g/mol. The first-order valence-electron chi connectivity index (χ1n) is 4.04. The van der Waals surface area contributed by atoms with Gasteiger partial charge in [-0.1, -0.05) is 0 Å². The van der Waals surface area contributed by atoms with Crippen molar-refractivity contribution in [3.63, 3.8) is 0 Å². The van der Waals surface area contributed by atoms with Crippen molar-refractivity contribution in [2.75, 3.05) is 26.3 Å². The Bertz CT molecular complexity index is 144. The SMILES string of the molecule is O=C(OOCCO)N1CCCC1. The molecule has 1 aliphatic heterocycles. The zero-order chi connectivity index (χ0) is 8.81. The predicted molar refractivity (Wildman–Crippen MR) is 40.3 cm³/mol. The van der Waals surface area contributed by atoms with Crippen LogP contribution >= 0.6 is 0 Å². The molecule has 1 N–H and O–H groups in total. The molecular weight excluding hydrogens is 162 g/mol. The zero-order valence-electron chi connectivity index (χ0n) is 6.86. The van der Waals surface area contributed by atoms with Gasteiger partial charge in [-0.25, -0.2) is 4.79 Å². The van der Waals surface area contributed by atoms with Crippen molar-refractivity contribution in [3.05, 3.63) is 0 Å². The first-order valence-corrected chi connectivity index (χ1v) is 4.04. The topological polar surface area (TPSA) is 59.0 Å². The minimum absolute atomic E-state index is 0.0274. The van der Waals surface area contributed by atoms with Crippen LogP contribution in [0, 0.1) is 0 Å². The molecule has 1 heterocycles. The average molecular weight is 175 g/mol. The summed E-state index contributed by atoms with van der Waals surface area (Å²) >= 11 is 0. The van der Waals surface area contributed by atoms with E-state index in [2.05, 4.69) is 9.78 Å². The van der Waals surface area contributed by atoms with Crippen LogP contribution in [0.15, 0.2) is 0 Å². The fourth-order valence-electron chi connectivity index (χ4n) is 1.08. The lowest BCUT2D eigenvalue weighted by molar-refractivity contribution is -0.249.